The van der Waals surface area contributed by atoms with E-state index in [1.807, 2.05) is 0 Å². The molecule has 1 saturated carbocycles. The van der Waals surface area contributed by atoms with Gasteiger partial charge in [0, 0.05) is 6.04 Å². The van der Waals surface area contributed by atoms with Crippen LogP contribution in [0.4, 0.5) is 0 Å². The Bertz CT molecular complexity index is 275. The van der Waals surface area contributed by atoms with Crippen LogP contribution in [0.2, 0.25) is 0 Å². The highest BCUT2D eigenvalue weighted by molar-refractivity contribution is 5.82. The monoisotopic (exact) mass is 254 g/mol. The van der Waals surface area contributed by atoms with Gasteiger partial charge in [0.15, 0.2) is 0 Å². The minimum atomic E-state index is -0.154. The van der Waals surface area contributed by atoms with Gasteiger partial charge in [-0.15, -0.1) is 0 Å². The van der Waals surface area contributed by atoms with E-state index in [2.05, 4.69) is 17.3 Å². The summed E-state index contributed by atoms with van der Waals surface area (Å²) in [5.74, 6) is 0.195. The van der Waals surface area contributed by atoms with Crippen LogP contribution in [-0.4, -0.2) is 47.7 Å². The second-order valence-corrected chi connectivity index (χ2v) is 5.86. The van der Waals surface area contributed by atoms with Crippen molar-refractivity contribution in [3.63, 3.8) is 0 Å². The molecule has 2 aliphatic rings. The van der Waals surface area contributed by atoms with Crippen molar-refractivity contribution in [2.24, 2.45) is 0 Å². The van der Waals surface area contributed by atoms with E-state index in [0.717, 1.165) is 45.1 Å². The maximum atomic E-state index is 12.3. The number of carbonyl (C=O) groups excluding carboxylic acids is 1. The Labute approximate surface area is 110 Å². The number of aliphatic hydroxyl groups is 1. The summed E-state index contributed by atoms with van der Waals surface area (Å²) in [5, 5.41) is 12.6. The average molecular weight is 254 g/mol. The van der Waals surface area contributed by atoms with Crippen LogP contribution in [0, 0.1) is 0 Å². The first kappa shape index (κ1) is 13.8. The molecule has 0 aromatic carbocycles. The van der Waals surface area contributed by atoms with Gasteiger partial charge in [-0.3, -0.25) is 9.69 Å². The minimum Gasteiger partial charge on any atom is -0.393 e. The summed E-state index contributed by atoms with van der Waals surface area (Å²) in [7, 11) is 2.06. The molecule has 2 fully saturated rings. The number of amides is 1. The summed E-state index contributed by atoms with van der Waals surface area (Å²) < 4.78 is 0. The van der Waals surface area contributed by atoms with Crippen molar-refractivity contribution in [3.8, 4) is 0 Å². The highest BCUT2D eigenvalue weighted by atomic mass is 16.3. The minimum absolute atomic E-state index is 0.0550. The average Bonchev–Trinajstić information content (AvgIpc) is 2.57. The predicted molar refractivity (Wildman–Crippen MR) is 71.3 cm³/mol. The summed E-state index contributed by atoms with van der Waals surface area (Å²) in [6.45, 7) is 1.03. The highest BCUT2D eigenvalue weighted by Crippen LogP contribution is 2.20. The number of nitrogens with one attached hydrogen (secondary N) is 1. The van der Waals surface area contributed by atoms with Crippen molar-refractivity contribution in [1.82, 2.24) is 10.2 Å². The Morgan fingerprint density at radius 3 is 2.56 bits per heavy atom. The molecule has 0 bridgehead atoms. The van der Waals surface area contributed by atoms with Crippen LogP contribution in [-0.2, 0) is 4.79 Å². The fourth-order valence-corrected chi connectivity index (χ4v) is 3.10. The Morgan fingerprint density at radius 1 is 1.11 bits per heavy atom. The maximum absolute atomic E-state index is 12.3. The molecule has 1 amide bonds. The van der Waals surface area contributed by atoms with Crippen LogP contribution in [0.5, 0.6) is 0 Å². The largest absolute Gasteiger partial charge is 0.393 e. The third-order valence-electron chi connectivity index (χ3n) is 4.37. The summed E-state index contributed by atoms with van der Waals surface area (Å²) >= 11 is 0. The SMILES string of the molecule is CN1CCCCC[C@H]1C(=O)NC1CCC(O)CC1. The molecule has 0 spiro atoms. The fourth-order valence-electron chi connectivity index (χ4n) is 3.10. The second kappa shape index (κ2) is 6.53. The van der Waals surface area contributed by atoms with Crippen molar-refractivity contribution in [2.75, 3.05) is 13.6 Å². The molecule has 1 saturated heterocycles. The van der Waals surface area contributed by atoms with Crippen LogP contribution in [0.25, 0.3) is 0 Å². The second-order valence-electron chi connectivity index (χ2n) is 5.86. The molecule has 1 heterocycles. The maximum Gasteiger partial charge on any atom is 0.237 e. The molecule has 4 nitrogen and oxygen atoms in total. The van der Waals surface area contributed by atoms with Gasteiger partial charge in [-0.25, -0.2) is 0 Å². The van der Waals surface area contributed by atoms with Crippen molar-refractivity contribution < 1.29 is 9.90 Å². The summed E-state index contributed by atoms with van der Waals surface area (Å²) in [5.41, 5.74) is 0. The van der Waals surface area contributed by atoms with E-state index >= 15 is 0 Å². The lowest BCUT2D eigenvalue weighted by atomic mass is 9.93. The van der Waals surface area contributed by atoms with Crippen LogP contribution < -0.4 is 5.32 Å². The smallest absolute Gasteiger partial charge is 0.237 e. The first-order valence-electron chi connectivity index (χ1n) is 7.35. The van der Waals surface area contributed by atoms with Gasteiger partial charge in [0.05, 0.1) is 12.1 Å². The first-order valence-corrected chi connectivity index (χ1v) is 7.35. The van der Waals surface area contributed by atoms with Crippen molar-refractivity contribution >= 4 is 5.91 Å². The zero-order valence-corrected chi connectivity index (χ0v) is 11.4. The molecule has 0 aromatic rings. The number of nitrogens with zero attached hydrogens (tertiary/aromatic N) is 1. The first-order chi connectivity index (χ1) is 8.66. The number of hydrogen-bond acceptors (Lipinski definition) is 3. The summed E-state index contributed by atoms with van der Waals surface area (Å²) in [6, 6.07) is 0.330. The van der Waals surface area contributed by atoms with Crippen molar-refractivity contribution in [3.05, 3.63) is 0 Å². The van der Waals surface area contributed by atoms with Gasteiger partial charge in [0.2, 0.25) is 5.91 Å². The third kappa shape index (κ3) is 3.69. The summed E-state index contributed by atoms with van der Waals surface area (Å²) in [6.07, 6.45) is 7.92. The number of hydrogen-bond donors (Lipinski definition) is 2. The Morgan fingerprint density at radius 2 is 1.83 bits per heavy atom. The van der Waals surface area contributed by atoms with Crippen LogP contribution in [0.1, 0.15) is 51.4 Å². The quantitative estimate of drug-likeness (QED) is 0.780. The zero-order valence-electron chi connectivity index (χ0n) is 11.4. The molecule has 0 unspecified atom stereocenters. The van der Waals surface area contributed by atoms with E-state index in [1.165, 1.54) is 12.8 Å². The molecule has 1 aliphatic carbocycles. The van der Waals surface area contributed by atoms with Crippen LogP contribution in [0.15, 0.2) is 0 Å². The van der Waals surface area contributed by atoms with E-state index in [0.29, 0.717) is 0 Å². The molecule has 1 aliphatic heterocycles. The number of likely N-dealkylation sites (N-methyl/N-ethyl adjacent to an activating group) is 1. The Balaban J connectivity index is 1.82. The van der Waals surface area contributed by atoms with E-state index in [4.69, 9.17) is 0 Å². The molecule has 18 heavy (non-hydrogen) atoms. The summed E-state index contributed by atoms with van der Waals surface area (Å²) in [4.78, 5) is 14.5. The third-order valence-corrected chi connectivity index (χ3v) is 4.37. The van der Waals surface area contributed by atoms with Crippen molar-refractivity contribution in [2.45, 2.75) is 69.6 Å². The lowest BCUT2D eigenvalue weighted by Gasteiger charge is -2.30. The van der Waals surface area contributed by atoms with Gasteiger partial charge >= 0.3 is 0 Å². The van der Waals surface area contributed by atoms with Crippen LogP contribution >= 0.6 is 0 Å². The Kier molecular flexibility index (Phi) is 5.01. The molecule has 2 rings (SSSR count). The zero-order chi connectivity index (χ0) is 13.0. The van der Waals surface area contributed by atoms with E-state index in [9.17, 15) is 9.90 Å². The van der Waals surface area contributed by atoms with Gasteiger partial charge in [0.25, 0.3) is 0 Å². The number of carbonyl (C=O) groups is 1. The predicted octanol–water partition coefficient (Wildman–Crippen LogP) is 1.28. The molecule has 4 heteroatoms. The van der Waals surface area contributed by atoms with E-state index in [-0.39, 0.29) is 24.1 Å². The lowest BCUT2D eigenvalue weighted by molar-refractivity contribution is -0.127. The molecule has 0 aromatic heterocycles. The Hall–Kier alpha value is -0.610. The van der Waals surface area contributed by atoms with Gasteiger partial charge in [0.1, 0.15) is 0 Å². The normalized spacial score (nSPS) is 34.9. The molecule has 1 atom stereocenters. The number of likely N-dealkylation sites (tertiary alicyclic amines) is 1. The van der Waals surface area contributed by atoms with Crippen molar-refractivity contribution in [1.29, 1.82) is 0 Å². The molecule has 2 N–H and O–H groups in total. The molecule has 104 valence electrons. The van der Waals surface area contributed by atoms with E-state index < -0.39 is 0 Å². The van der Waals surface area contributed by atoms with E-state index in [1.54, 1.807) is 0 Å². The van der Waals surface area contributed by atoms with Crippen LogP contribution in [0.3, 0.4) is 0 Å². The molecule has 0 radical (unpaired) electrons. The molecular formula is C14H26N2O2. The lowest BCUT2D eigenvalue weighted by Crippen LogP contribution is -2.49. The van der Waals surface area contributed by atoms with Gasteiger partial charge < -0.3 is 10.4 Å². The van der Waals surface area contributed by atoms with Gasteiger partial charge in [-0.2, -0.15) is 0 Å². The topological polar surface area (TPSA) is 52.6 Å². The van der Waals surface area contributed by atoms with Gasteiger partial charge in [-0.05, 0) is 52.1 Å². The standard InChI is InChI=1S/C14H26N2O2/c1-16-10-4-2-3-5-13(16)14(18)15-11-6-8-12(17)9-7-11/h11-13,17H,2-10H2,1H3,(H,15,18)/t11?,12?,13-/m0/s1. The highest BCUT2D eigenvalue weighted by Gasteiger charge is 2.27. The number of aliphatic hydroxyl groups excluding tert-OH is 1. The van der Waals surface area contributed by atoms with Gasteiger partial charge in [-0.1, -0.05) is 12.8 Å². The fraction of sp³-hybridized carbons (Fsp3) is 0.929. The number of rotatable bonds is 2. The molecular weight excluding hydrogens is 228 g/mol.